The van der Waals surface area contributed by atoms with Crippen LogP contribution in [0.15, 0.2) is 24.3 Å². The lowest BCUT2D eigenvalue weighted by molar-refractivity contribution is -0.122. The third-order valence-electron chi connectivity index (χ3n) is 3.36. The molecule has 122 valence electrons. The smallest absolute Gasteiger partial charge is 0.265 e. The Morgan fingerprint density at radius 3 is 2.61 bits per heavy atom. The number of aromatic nitrogens is 1. The van der Waals surface area contributed by atoms with E-state index in [1.807, 2.05) is 26.8 Å². The van der Waals surface area contributed by atoms with Crippen molar-refractivity contribution in [3.63, 3.8) is 0 Å². The van der Waals surface area contributed by atoms with E-state index in [-0.39, 0.29) is 10.9 Å². The highest BCUT2D eigenvalue weighted by atomic mass is 35.5. The summed E-state index contributed by atoms with van der Waals surface area (Å²) in [6.45, 7) is 7.35. The first-order valence-electron chi connectivity index (χ1n) is 7.16. The molecule has 1 N–H and O–H groups in total. The second-order valence-corrected chi connectivity index (χ2v) is 6.13. The lowest BCUT2D eigenvalue weighted by Crippen LogP contribution is -2.31. The topological polar surface area (TPSA) is 51.2 Å². The molecular formula is C17H18Cl2N2O2. The fraction of sp³-hybridized carbons (Fsp3) is 0.294. The average molecular weight is 353 g/mol. The van der Waals surface area contributed by atoms with E-state index in [9.17, 15) is 4.79 Å². The maximum atomic E-state index is 12.4. The summed E-state index contributed by atoms with van der Waals surface area (Å²) in [4.78, 5) is 16.7. The average Bonchev–Trinajstić information content (AvgIpc) is 2.47. The Morgan fingerprint density at radius 2 is 1.96 bits per heavy atom. The van der Waals surface area contributed by atoms with Crippen molar-refractivity contribution in [2.45, 2.75) is 33.8 Å². The summed E-state index contributed by atoms with van der Waals surface area (Å²) in [5.74, 6) is 0.0928. The van der Waals surface area contributed by atoms with Crippen LogP contribution in [0.3, 0.4) is 0 Å². The molecule has 2 rings (SSSR count). The van der Waals surface area contributed by atoms with Crippen molar-refractivity contribution >= 4 is 34.8 Å². The third kappa shape index (κ3) is 4.15. The zero-order valence-corrected chi connectivity index (χ0v) is 14.9. The predicted octanol–water partition coefficient (Wildman–Crippen LogP) is 4.72. The summed E-state index contributed by atoms with van der Waals surface area (Å²) in [6, 6.07) is 6.96. The highest BCUT2D eigenvalue weighted by Crippen LogP contribution is 2.32. The molecule has 0 saturated heterocycles. The number of aryl methyl sites for hydroxylation is 3. The Hall–Kier alpha value is -1.78. The predicted molar refractivity (Wildman–Crippen MR) is 93.6 cm³/mol. The van der Waals surface area contributed by atoms with E-state index in [1.165, 1.54) is 0 Å². The number of pyridine rings is 1. The van der Waals surface area contributed by atoms with Gasteiger partial charge in [-0.1, -0.05) is 29.3 Å². The maximum absolute atomic E-state index is 12.4. The summed E-state index contributed by atoms with van der Waals surface area (Å²) < 4.78 is 5.61. The Bertz CT molecular complexity index is 724. The number of benzene rings is 1. The number of nitrogens with one attached hydrogen (secondary N) is 1. The van der Waals surface area contributed by atoms with Crippen LogP contribution in [-0.4, -0.2) is 17.0 Å². The van der Waals surface area contributed by atoms with E-state index in [1.54, 1.807) is 25.1 Å². The Balaban J connectivity index is 2.13. The third-order valence-corrected chi connectivity index (χ3v) is 4.16. The monoisotopic (exact) mass is 352 g/mol. The van der Waals surface area contributed by atoms with E-state index in [4.69, 9.17) is 27.9 Å². The largest absolute Gasteiger partial charge is 0.479 e. The number of anilines is 1. The van der Waals surface area contributed by atoms with Gasteiger partial charge in [0, 0.05) is 5.69 Å². The van der Waals surface area contributed by atoms with Gasteiger partial charge in [0.15, 0.2) is 6.10 Å². The van der Waals surface area contributed by atoms with Crippen LogP contribution in [0.5, 0.6) is 5.75 Å². The quantitative estimate of drug-likeness (QED) is 0.865. The summed E-state index contributed by atoms with van der Waals surface area (Å²) in [5.41, 5.74) is 3.33. The summed E-state index contributed by atoms with van der Waals surface area (Å²) in [6.07, 6.45) is -0.730. The SMILES string of the molecule is Cc1cc(C)c(NC(=O)C(C)Oc2cccc(Cl)c2Cl)c(C)n1. The molecule has 0 aliphatic carbocycles. The minimum atomic E-state index is -0.730. The van der Waals surface area contributed by atoms with Crippen LogP contribution >= 0.6 is 23.2 Å². The van der Waals surface area contributed by atoms with Crippen LogP contribution in [0.4, 0.5) is 5.69 Å². The second kappa shape index (κ2) is 7.20. The fourth-order valence-electron chi connectivity index (χ4n) is 2.26. The van der Waals surface area contributed by atoms with Gasteiger partial charge in [-0.05, 0) is 51.5 Å². The normalized spacial score (nSPS) is 11.9. The van der Waals surface area contributed by atoms with E-state index in [0.717, 1.165) is 17.0 Å². The summed E-state index contributed by atoms with van der Waals surface area (Å²) in [7, 11) is 0. The first kappa shape index (κ1) is 17.6. The van der Waals surface area contributed by atoms with Crippen LogP contribution in [0.1, 0.15) is 23.9 Å². The van der Waals surface area contributed by atoms with Crippen LogP contribution in [0.2, 0.25) is 10.0 Å². The molecule has 2 aromatic rings. The molecule has 0 aliphatic rings. The minimum absolute atomic E-state index is 0.280. The van der Waals surface area contributed by atoms with Crippen molar-refractivity contribution in [2.75, 3.05) is 5.32 Å². The van der Waals surface area contributed by atoms with Crippen LogP contribution < -0.4 is 10.1 Å². The molecule has 1 amide bonds. The molecule has 0 spiro atoms. The van der Waals surface area contributed by atoms with E-state index in [2.05, 4.69) is 10.3 Å². The van der Waals surface area contributed by atoms with E-state index in [0.29, 0.717) is 16.5 Å². The van der Waals surface area contributed by atoms with Crippen molar-refractivity contribution in [3.8, 4) is 5.75 Å². The Labute approximate surface area is 145 Å². The fourth-order valence-corrected chi connectivity index (χ4v) is 2.59. The van der Waals surface area contributed by atoms with Gasteiger partial charge >= 0.3 is 0 Å². The minimum Gasteiger partial charge on any atom is -0.479 e. The van der Waals surface area contributed by atoms with Gasteiger partial charge in [-0.2, -0.15) is 0 Å². The molecule has 0 radical (unpaired) electrons. The molecule has 0 bridgehead atoms. The van der Waals surface area contributed by atoms with Crippen molar-refractivity contribution < 1.29 is 9.53 Å². The molecule has 23 heavy (non-hydrogen) atoms. The van der Waals surface area contributed by atoms with Gasteiger partial charge in [0.05, 0.1) is 16.4 Å². The first-order chi connectivity index (χ1) is 10.8. The zero-order chi connectivity index (χ0) is 17.1. The van der Waals surface area contributed by atoms with Gasteiger partial charge in [0.2, 0.25) is 0 Å². The van der Waals surface area contributed by atoms with Gasteiger partial charge < -0.3 is 10.1 Å². The van der Waals surface area contributed by atoms with Gasteiger partial charge in [-0.3, -0.25) is 9.78 Å². The number of rotatable bonds is 4. The molecular weight excluding hydrogens is 335 g/mol. The Morgan fingerprint density at radius 1 is 1.26 bits per heavy atom. The van der Waals surface area contributed by atoms with Crippen LogP contribution in [0, 0.1) is 20.8 Å². The maximum Gasteiger partial charge on any atom is 0.265 e. The van der Waals surface area contributed by atoms with Gasteiger partial charge in [-0.15, -0.1) is 0 Å². The standard InChI is InChI=1S/C17H18Cl2N2O2/c1-9-8-10(2)20-11(3)16(9)21-17(22)12(4)23-14-7-5-6-13(18)15(14)19/h5-8,12H,1-4H3,(H,21,22). The number of carbonyl (C=O) groups is 1. The van der Waals surface area contributed by atoms with E-state index >= 15 is 0 Å². The van der Waals surface area contributed by atoms with Gasteiger partial charge in [-0.25, -0.2) is 0 Å². The molecule has 0 saturated carbocycles. The molecule has 1 atom stereocenters. The molecule has 1 aromatic heterocycles. The molecule has 0 fully saturated rings. The number of halogens is 2. The van der Waals surface area contributed by atoms with Gasteiger partial charge in [0.1, 0.15) is 10.8 Å². The van der Waals surface area contributed by atoms with Crippen molar-refractivity contribution in [2.24, 2.45) is 0 Å². The molecule has 1 heterocycles. The van der Waals surface area contributed by atoms with Crippen molar-refractivity contribution in [3.05, 3.63) is 51.3 Å². The summed E-state index contributed by atoms with van der Waals surface area (Å²) in [5, 5.41) is 3.53. The van der Waals surface area contributed by atoms with Crippen LogP contribution in [-0.2, 0) is 4.79 Å². The highest BCUT2D eigenvalue weighted by molar-refractivity contribution is 6.42. The molecule has 0 aliphatic heterocycles. The molecule has 1 unspecified atom stereocenters. The van der Waals surface area contributed by atoms with Gasteiger partial charge in [0.25, 0.3) is 5.91 Å². The lowest BCUT2D eigenvalue weighted by atomic mass is 10.1. The highest BCUT2D eigenvalue weighted by Gasteiger charge is 2.19. The summed E-state index contributed by atoms with van der Waals surface area (Å²) >= 11 is 12.0. The number of ether oxygens (including phenoxy) is 1. The molecule has 6 heteroatoms. The number of nitrogens with zero attached hydrogens (tertiary/aromatic N) is 1. The van der Waals surface area contributed by atoms with E-state index < -0.39 is 6.10 Å². The number of hydrogen-bond acceptors (Lipinski definition) is 3. The van der Waals surface area contributed by atoms with Crippen molar-refractivity contribution in [1.29, 1.82) is 0 Å². The lowest BCUT2D eigenvalue weighted by Gasteiger charge is -2.18. The second-order valence-electron chi connectivity index (χ2n) is 5.34. The molecule has 4 nitrogen and oxygen atoms in total. The van der Waals surface area contributed by atoms with Crippen LogP contribution in [0.25, 0.3) is 0 Å². The Kier molecular flexibility index (Phi) is 5.50. The molecule has 1 aromatic carbocycles. The first-order valence-corrected chi connectivity index (χ1v) is 7.91. The number of hydrogen-bond donors (Lipinski definition) is 1. The number of carbonyl (C=O) groups excluding carboxylic acids is 1. The van der Waals surface area contributed by atoms with Crippen molar-refractivity contribution in [1.82, 2.24) is 4.98 Å². The number of amides is 1. The zero-order valence-electron chi connectivity index (χ0n) is 13.4.